The van der Waals surface area contributed by atoms with Crippen LogP contribution in [0.15, 0.2) is 47.6 Å². The highest BCUT2D eigenvalue weighted by atomic mass is 16.5. The second-order valence-corrected chi connectivity index (χ2v) is 14.0. The Morgan fingerprint density at radius 3 is 2.55 bits per heavy atom. The Morgan fingerprint density at radius 2 is 1.77 bits per heavy atom. The lowest BCUT2D eigenvalue weighted by Crippen LogP contribution is -2.50. The average Bonchev–Trinajstić information content (AvgIpc) is 3.30. The summed E-state index contributed by atoms with van der Waals surface area (Å²) < 4.78 is 5.94. The standard InChI is InChI=1S/C37H51NO2/c1-4-5-6-7-8-12-15-29-17-19-33-32-18-16-30-25-31(20-22-37(30,3)34(32)21-23-36(29,33)2)40-35(39)28(26-38)24-27-13-10-9-11-14-27/h9-11,13-14,16,24,29,31-34H,4-8,12,15,17-23,25H2,1-3H3/b28-24+/t29?,31-,32?,33?,34?,36+,37-/m0/s1. The second-order valence-electron chi connectivity index (χ2n) is 14.0. The molecule has 5 rings (SSSR count). The van der Waals surface area contributed by atoms with Crippen LogP contribution in [0.3, 0.4) is 0 Å². The van der Waals surface area contributed by atoms with E-state index in [0.29, 0.717) is 5.41 Å². The topological polar surface area (TPSA) is 50.1 Å². The summed E-state index contributed by atoms with van der Waals surface area (Å²) in [4.78, 5) is 12.9. The zero-order valence-corrected chi connectivity index (χ0v) is 25.3. The van der Waals surface area contributed by atoms with Crippen molar-refractivity contribution in [1.82, 2.24) is 0 Å². The number of hydrogen-bond donors (Lipinski definition) is 0. The number of nitrogens with zero attached hydrogens (tertiary/aromatic N) is 1. The lowest BCUT2D eigenvalue weighted by molar-refractivity contribution is -0.146. The van der Waals surface area contributed by atoms with Crippen LogP contribution in [-0.2, 0) is 9.53 Å². The number of allylic oxidation sites excluding steroid dienone is 1. The molecule has 1 aromatic rings. The van der Waals surface area contributed by atoms with Crippen molar-refractivity contribution >= 4 is 12.0 Å². The van der Waals surface area contributed by atoms with E-state index in [1.54, 1.807) is 6.08 Å². The molecule has 0 aromatic heterocycles. The van der Waals surface area contributed by atoms with E-state index >= 15 is 0 Å². The van der Waals surface area contributed by atoms with Crippen molar-refractivity contribution < 1.29 is 9.53 Å². The molecule has 40 heavy (non-hydrogen) atoms. The zero-order valence-electron chi connectivity index (χ0n) is 25.3. The SMILES string of the molecule is CCCCCCCCC1CCC2C3CC=C4C[C@@H](OC(=O)/C(C#N)=C/c5ccccc5)CC[C@]4(C)C3CC[C@]12C. The summed E-state index contributed by atoms with van der Waals surface area (Å²) in [6.45, 7) is 7.49. The Morgan fingerprint density at radius 1 is 1.00 bits per heavy atom. The number of benzene rings is 1. The molecule has 0 spiro atoms. The third kappa shape index (κ3) is 5.84. The van der Waals surface area contributed by atoms with Crippen molar-refractivity contribution in [2.75, 3.05) is 0 Å². The fraction of sp³-hybridized carbons (Fsp3) is 0.676. The van der Waals surface area contributed by atoms with Gasteiger partial charge in [-0.15, -0.1) is 0 Å². The summed E-state index contributed by atoms with van der Waals surface area (Å²) in [5, 5.41) is 9.62. The number of fused-ring (bicyclic) bond motifs is 5. The van der Waals surface area contributed by atoms with Gasteiger partial charge in [0.2, 0.25) is 0 Å². The minimum absolute atomic E-state index is 0.0838. The van der Waals surface area contributed by atoms with E-state index < -0.39 is 5.97 Å². The summed E-state index contributed by atoms with van der Waals surface area (Å²) in [5.74, 6) is 2.91. The van der Waals surface area contributed by atoms with Crippen LogP contribution in [0.1, 0.15) is 123 Å². The van der Waals surface area contributed by atoms with E-state index in [0.717, 1.165) is 48.5 Å². The molecule has 4 aliphatic carbocycles. The Hall–Kier alpha value is -2.34. The van der Waals surface area contributed by atoms with Crippen LogP contribution in [0.5, 0.6) is 0 Å². The van der Waals surface area contributed by atoms with Gasteiger partial charge in [0.25, 0.3) is 0 Å². The van der Waals surface area contributed by atoms with Gasteiger partial charge in [-0.25, -0.2) is 4.79 Å². The first kappa shape index (κ1) is 29.2. The van der Waals surface area contributed by atoms with Crippen LogP contribution in [0.25, 0.3) is 6.08 Å². The summed E-state index contributed by atoms with van der Waals surface area (Å²) in [6, 6.07) is 11.6. The Bertz CT molecular complexity index is 1130. The maximum absolute atomic E-state index is 12.9. The van der Waals surface area contributed by atoms with Crippen molar-refractivity contribution in [2.45, 2.75) is 123 Å². The molecule has 4 unspecified atom stereocenters. The van der Waals surface area contributed by atoms with E-state index in [2.05, 4.69) is 32.9 Å². The zero-order chi connectivity index (χ0) is 28.2. The molecule has 0 radical (unpaired) electrons. The van der Waals surface area contributed by atoms with E-state index in [1.807, 2.05) is 30.3 Å². The molecular formula is C37H51NO2. The van der Waals surface area contributed by atoms with Gasteiger partial charge in [-0.2, -0.15) is 5.26 Å². The normalized spacial score (nSPS) is 35.1. The number of carbonyl (C=O) groups excluding carboxylic acids is 1. The van der Waals surface area contributed by atoms with E-state index in [-0.39, 0.29) is 17.1 Å². The Labute approximate surface area is 243 Å². The van der Waals surface area contributed by atoms with Crippen LogP contribution in [-0.4, -0.2) is 12.1 Å². The Kier molecular flexibility index (Phi) is 9.24. The molecular weight excluding hydrogens is 490 g/mol. The molecule has 216 valence electrons. The molecule has 0 N–H and O–H groups in total. The van der Waals surface area contributed by atoms with Crippen LogP contribution in [0.2, 0.25) is 0 Å². The molecule has 0 amide bonds. The largest absolute Gasteiger partial charge is 0.458 e. The number of nitriles is 1. The summed E-state index contributed by atoms with van der Waals surface area (Å²) in [5.41, 5.74) is 3.23. The van der Waals surface area contributed by atoms with Gasteiger partial charge in [-0.05, 0) is 97.5 Å². The molecule has 1 aromatic carbocycles. The first-order valence-electron chi connectivity index (χ1n) is 16.5. The van der Waals surface area contributed by atoms with Crippen LogP contribution in [0, 0.1) is 45.8 Å². The fourth-order valence-electron chi connectivity index (χ4n) is 9.55. The predicted octanol–water partition coefficient (Wildman–Crippen LogP) is 9.83. The molecule has 0 bridgehead atoms. The van der Waals surface area contributed by atoms with Gasteiger partial charge in [-0.1, -0.05) is 101 Å². The van der Waals surface area contributed by atoms with Crippen molar-refractivity contribution in [3.05, 3.63) is 53.1 Å². The smallest absolute Gasteiger partial charge is 0.349 e. The van der Waals surface area contributed by atoms with E-state index in [1.165, 1.54) is 82.6 Å². The van der Waals surface area contributed by atoms with Gasteiger partial charge in [-0.3, -0.25) is 0 Å². The number of carbonyl (C=O) groups is 1. The number of esters is 1. The van der Waals surface area contributed by atoms with Gasteiger partial charge in [0.15, 0.2) is 0 Å². The average molecular weight is 542 g/mol. The Balaban J connectivity index is 1.20. The number of unbranched alkanes of at least 4 members (excludes halogenated alkanes) is 5. The van der Waals surface area contributed by atoms with Gasteiger partial charge < -0.3 is 4.74 Å². The van der Waals surface area contributed by atoms with Crippen LogP contribution >= 0.6 is 0 Å². The molecule has 0 heterocycles. The highest BCUT2D eigenvalue weighted by molar-refractivity contribution is 5.98. The van der Waals surface area contributed by atoms with Gasteiger partial charge in [0, 0.05) is 6.42 Å². The van der Waals surface area contributed by atoms with Crippen molar-refractivity contribution in [3.63, 3.8) is 0 Å². The van der Waals surface area contributed by atoms with Gasteiger partial charge in [0.05, 0.1) is 0 Å². The minimum atomic E-state index is -0.481. The second kappa shape index (κ2) is 12.7. The van der Waals surface area contributed by atoms with Crippen molar-refractivity contribution in [1.29, 1.82) is 5.26 Å². The quantitative estimate of drug-likeness (QED) is 0.0973. The fourth-order valence-corrected chi connectivity index (χ4v) is 9.55. The molecule has 4 aliphatic rings. The third-order valence-electron chi connectivity index (χ3n) is 11.9. The van der Waals surface area contributed by atoms with Crippen molar-refractivity contribution in [2.24, 2.45) is 34.5 Å². The van der Waals surface area contributed by atoms with Crippen LogP contribution < -0.4 is 0 Å². The summed E-state index contributed by atoms with van der Waals surface area (Å²) >= 11 is 0. The molecule has 3 saturated carbocycles. The maximum Gasteiger partial charge on any atom is 0.349 e. The third-order valence-corrected chi connectivity index (χ3v) is 11.9. The van der Waals surface area contributed by atoms with Crippen molar-refractivity contribution in [3.8, 4) is 6.07 Å². The monoisotopic (exact) mass is 541 g/mol. The van der Waals surface area contributed by atoms with E-state index in [9.17, 15) is 10.1 Å². The molecule has 0 aliphatic heterocycles. The first-order chi connectivity index (χ1) is 19.4. The lowest BCUT2D eigenvalue weighted by atomic mass is 9.47. The van der Waals surface area contributed by atoms with E-state index in [4.69, 9.17) is 4.74 Å². The lowest BCUT2D eigenvalue weighted by Gasteiger charge is -2.58. The van der Waals surface area contributed by atoms with Crippen LogP contribution in [0.4, 0.5) is 0 Å². The molecule has 7 atom stereocenters. The maximum atomic E-state index is 12.9. The minimum Gasteiger partial charge on any atom is -0.458 e. The first-order valence-corrected chi connectivity index (χ1v) is 16.5. The summed E-state index contributed by atoms with van der Waals surface area (Å²) in [6.07, 6.45) is 23.6. The molecule has 0 saturated heterocycles. The predicted molar refractivity (Wildman–Crippen MR) is 163 cm³/mol. The van der Waals surface area contributed by atoms with Gasteiger partial charge >= 0.3 is 5.97 Å². The number of ether oxygens (including phenoxy) is 1. The highest BCUT2D eigenvalue weighted by Gasteiger charge is 2.58. The number of hydrogen-bond acceptors (Lipinski definition) is 3. The highest BCUT2D eigenvalue weighted by Crippen LogP contribution is 2.66. The van der Waals surface area contributed by atoms with Gasteiger partial charge in [0.1, 0.15) is 17.7 Å². The molecule has 3 fully saturated rings. The molecule has 3 nitrogen and oxygen atoms in total. The summed E-state index contributed by atoms with van der Waals surface area (Å²) in [7, 11) is 0. The number of rotatable bonds is 10. The molecule has 3 heteroatoms.